The van der Waals surface area contributed by atoms with Crippen LogP contribution in [-0.4, -0.2) is 44.8 Å². The molecule has 0 radical (unpaired) electrons. The van der Waals surface area contributed by atoms with Gasteiger partial charge in [-0.25, -0.2) is 4.79 Å². The van der Waals surface area contributed by atoms with Crippen LogP contribution < -0.4 is 4.90 Å². The van der Waals surface area contributed by atoms with E-state index in [4.69, 9.17) is 14.2 Å². The maximum atomic E-state index is 12.3. The first-order valence-corrected chi connectivity index (χ1v) is 8.97. The van der Waals surface area contributed by atoms with E-state index in [0.717, 1.165) is 43.1 Å². The van der Waals surface area contributed by atoms with Crippen LogP contribution >= 0.6 is 0 Å². The van der Waals surface area contributed by atoms with Gasteiger partial charge in [-0.1, -0.05) is 42.5 Å². The maximum Gasteiger partial charge on any atom is 0.348 e. The molecule has 0 N–H and O–H groups in total. The molecule has 1 fully saturated rings. The van der Waals surface area contributed by atoms with Crippen molar-refractivity contribution < 1.29 is 23.8 Å². The Morgan fingerprint density at radius 3 is 2.41 bits per heavy atom. The molecule has 0 amide bonds. The van der Waals surface area contributed by atoms with Gasteiger partial charge < -0.3 is 19.1 Å². The van der Waals surface area contributed by atoms with Crippen LogP contribution in [0.5, 0.6) is 0 Å². The fourth-order valence-corrected chi connectivity index (χ4v) is 2.95. The van der Waals surface area contributed by atoms with Crippen LogP contribution in [0.1, 0.15) is 11.1 Å². The summed E-state index contributed by atoms with van der Waals surface area (Å²) in [5.74, 6) is -0.553. The summed E-state index contributed by atoms with van der Waals surface area (Å²) in [7, 11) is 0. The number of hydrogen-bond acceptors (Lipinski definition) is 6. The fraction of sp³-hybridized carbons (Fsp3) is 0.333. The monoisotopic (exact) mass is 369 g/mol. The molecule has 0 spiro atoms. The minimum absolute atomic E-state index is 0.147. The Labute approximate surface area is 158 Å². The van der Waals surface area contributed by atoms with Crippen molar-refractivity contribution in [1.29, 1.82) is 0 Å². The zero-order chi connectivity index (χ0) is 18.9. The van der Waals surface area contributed by atoms with Gasteiger partial charge >= 0.3 is 5.97 Å². The Morgan fingerprint density at radius 2 is 1.74 bits per heavy atom. The van der Waals surface area contributed by atoms with Gasteiger partial charge in [-0.2, -0.15) is 0 Å². The number of ether oxygens (including phenoxy) is 3. The fourth-order valence-electron chi connectivity index (χ4n) is 2.95. The molecule has 6 nitrogen and oxygen atoms in total. The Balaban J connectivity index is 1.57. The third-order valence-electron chi connectivity index (χ3n) is 4.44. The number of carbonyl (C=O) groups excluding carboxylic acids is 2. The van der Waals surface area contributed by atoms with Crippen LogP contribution in [0.2, 0.25) is 0 Å². The van der Waals surface area contributed by atoms with Gasteiger partial charge in [0.2, 0.25) is 6.10 Å². The van der Waals surface area contributed by atoms with Crippen molar-refractivity contribution in [3.8, 4) is 0 Å². The largest absolute Gasteiger partial charge is 0.458 e. The van der Waals surface area contributed by atoms with Crippen molar-refractivity contribution in [1.82, 2.24) is 0 Å². The second-order valence-electron chi connectivity index (χ2n) is 6.28. The van der Waals surface area contributed by atoms with E-state index in [9.17, 15) is 9.59 Å². The lowest BCUT2D eigenvalue weighted by Gasteiger charge is -2.29. The molecule has 1 saturated heterocycles. The molecule has 27 heavy (non-hydrogen) atoms. The lowest BCUT2D eigenvalue weighted by molar-refractivity contribution is -0.162. The molecule has 0 bridgehead atoms. The number of carbonyl (C=O) groups is 2. The lowest BCUT2D eigenvalue weighted by atomic mass is 10.1. The van der Waals surface area contributed by atoms with Gasteiger partial charge in [-0.05, 0) is 23.3 Å². The molecule has 0 saturated carbocycles. The van der Waals surface area contributed by atoms with E-state index in [1.165, 1.54) is 0 Å². The lowest BCUT2D eigenvalue weighted by Crippen LogP contribution is -2.36. The molecule has 142 valence electrons. The second-order valence-corrected chi connectivity index (χ2v) is 6.28. The van der Waals surface area contributed by atoms with Crippen LogP contribution in [0, 0.1) is 0 Å². The van der Waals surface area contributed by atoms with Crippen molar-refractivity contribution in [3.05, 3.63) is 65.7 Å². The highest BCUT2D eigenvalue weighted by molar-refractivity contribution is 5.76. The van der Waals surface area contributed by atoms with Gasteiger partial charge in [0.25, 0.3) is 6.47 Å². The van der Waals surface area contributed by atoms with Gasteiger partial charge in [0.1, 0.15) is 6.61 Å². The first kappa shape index (κ1) is 18.9. The molecule has 0 aliphatic carbocycles. The van der Waals surface area contributed by atoms with Crippen molar-refractivity contribution in [2.75, 3.05) is 31.2 Å². The predicted octanol–water partition coefficient (Wildman–Crippen LogP) is 2.35. The van der Waals surface area contributed by atoms with Crippen molar-refractivity contribution >= 4 is 18.1 Å². The molecular formula is C21H23NO5. The summed E-state index contributed by atoms with van der Waals surface area (Å²) in [6.07, 6.45) is -0.684. The average molecular weight is 369 g/mol. The van der Waals surface area contributed by atoms with Gasteiger partial charge in [0.05, 0.1) is 13.2 Å². The van der Waals surface area contributed by atoms with Gasteiger partial charge in [0.15, 0.2) is 0 Å². The van der Waals surface area contributed by atoms with E-state index in [1.807, 2.05) is 54.6 Å². The maximum absolute atomic E-state index is 12.3. The van der Waals surface area contributed by atoms with E-state index in [0.29, 0.717) is 0 Å². The van der Waals surface area contributed by atoms with Crippen molar-refractivity contribution in [3.63, 3.8) is 0 Å². The summed E-state index contributed by atoms with van der Waals surface area (Å²) in [5.41, 5.74) is 2.89. The zero-order valence-corrected chi connectivity index (χ0v) is 15.1. The summed E-state index contributed by atoms with van der Waals surface area (Å²) in [6, 6.07) is 17.3. The van der Waals surface area contributed by atoms with Gasteiger partial charge in [-0.3, -0.25) is 4.79 Å². The average Bonchev–Trinajstić information content (AvgIpc) is 2.73. The van der Waals surface area contributed by atoms with E-state index < -0.39 is 12.1 Å². The number of morpholine rings is 1. The minimum atomic E-state index is -0.958. The Kier molecular flexibility index (Phi) is 6.82. The molecular weight excluding hydrogens is 346 g/mol. The van der Waals surface area contributed by atoms with Crippen molar-refractivity contribution in [2.45, 2.75) is 19.1 Å². The third-order valence-corrected chi connectivity index (χ3v) is 4.44. The Morgan fingerprint density at radius 1 is 1.04 bits per heavy atom. The smallest absolute Gasteiger partial charge is 0.348 e. The predicted molar refractivity (Wildman–Crippen MR) is 100 cm³/mol. The molecule has 0 aromatic heterocycles. The molecule has 2 aromatic rings. The standard InChI is InChI=1S/C21H23NO5/c23-16-27-20(21(24)26-15-18-4-2-1-3-5-18)14-17-6-8-19(9-7-17)22-10-12-25-13-11-22/h1-9,16,20H,10-15H2. The normalized spacial score (nSPS) is 15.0. The highest BCUT2D eigenvalue weighted by Gasteiger charge is 2.22. The second kappa shape index (κ2) is 9.73. The van der Waals surface area contributed by atoms with Crippen LogP contribution in [0.15, 0.2) is 54.6 Å². The molecule has 1 heterocycles. The third kappa shape index (κ3) is 5.56. The number of hydrogen-bond donors (Lipinski definition) is 0. The summed E-state index contributed by atoms with van der Waals surface area (Å²) >= 11 is 0. The van der Waals surface area contributed by atoms with Crippen LogP contribution in [0.3, 0.4) is 0 Å². The highest BCUT2D eigenvalue weighted by atomic mass is 16.6. The summed E-state index contributed by atoms with van der Waals surface area (Å²) in [6.45, 7) is 3.61. The van der Waals surface area contributed by atoms with E-state index in [-0.39, 0.29) is 19.5 Å². The van der Waals surface area contributed by atoms with Crippen LogP contribution in [-0.2, 0) is 36.8 Å². The van der Waals surface area contributed by atoms with Gasteiger partial charge in [0, 0.05) is 25.2 Å². The number of anilines is 1. The molecule has 1 atom stereocenters. The molecule has 1 aliphatic rings. The quantitative estimate of drug-likeness (QED) is 0.526. The zero-order valence-electron chi connectivity index (χ0n) is 15.1. The Hall–Kier alpha value is -2.86. The minimum Gasteiger partial charge on any atom is -0.458 e. The molecule has 1 aliphatic heterocycles. The van der Waals surface area contributed by atoms with Crippen molar-refractivity contribution in [2.24, 2.45) is 0 Å². The first-order chi connectivity index (χ1) is 13.3. The summed E-state index contributed by atoms with van der Waals surface area (Å²) in [4.78, 5) is 25.3. The molecule has 1 unspecified atom stereocenters. The number of benzene rings is 2. The van der Waals surface area contributed by atoms with Crippen LogP contribution in [0.25, 0.3) is 0 Å². The number of esters is 1. The van der Waals surface area contributed by atoms with E-state index in [2.05, 4.69) is 4.90 Å². The summed E-state index contributed by atoms with van der Waals surface area (Å²) in [5, 5.41) is 0. The topological polar surface area (TPSA) is 65.1 Å². The van der Waals surface area contributed by atoms with E-state index in [1.54, 1.807) is 0 Å². The van der Waals surface area contributed by atoms with E-state index >= 15 is 0 Å². The molecule has 2 aromatic carbocycles. The molecule has 6 heteroatoms. The SMILES string of the molecule is O=COC(Cc1ccc(N2CCOCC2)cc1)C(=O)OCc1ccccc1. The number of nitrogens with zero attached hydrogens (tertiary/aromatic N) is 1. The summed E-state index contributed by atoms with van der Waals surface area (Å²) < 4.78 is 15.6. The van der Waals surface area contributed by atoms with Crippen LogP contribution in [0.4, 0.5) is 5.69 Å². The first-order valence-electron chi connectivity index (χ1n) is 8.97. The Bertz CT molecular complexity index is 726. The molecule has 3 rings (SSSR count). The number of rotatable bonds is 8. The highest BCUT2D eigenvalue weighted by Crippen LogP contribution is 2.18. The van der Waals surface area contributed by atoms with Gasteiger partial charge in [-0.15, -0.1) is 0 Å².